The number of benzene rings is 5. The van der Waals surface area contributed by atoms with Gasteiger partial charge in [0.15, 0.2) is 7.14 Å². The molecular weight excluding hydrogens is 439 g/mol. The first kappa shape index (κ1) is 19.4. The fourth-order valence-electron chi connectivity index (χ4n) is 4.97. The third kappa shape index (κ3) is 2.68. The van der Waals surface area contributed by atoms with Crippen molar-refractivity contribution in [2.24, 2.45) is 0 Å². The molecule has 2 heterocycles. The summed E-state index contributed by atoms with van der Waals surface area (Å²) in [7, 11) is -3.22. The van der Waals surface area contributed by atoms with Crippen LogP contribution in [-0.4, -0.2) is 0 Å². The number of para-hydroxylation sites is 1. The topological polar surface area (TPSA) is 35.5 Å². The van der Waals surface area contributed by atoms with Crippen LogP contribution in [0.5, 0.6) is 23.0 Å². The summed E-state index contributed by atoms with van der Waals surface area (Å²) < 4.78 is 28.0. The van der Waals surface area contributed by atoms with E-state index in [-0.39, 0.29) is 0 Å². The number of hydrogen-bond acceptors (Lipinski definition) is 3. The van der Waals surface area contributed by atoms with Crippen LogP contribution >= 0.6 is 7.14 Å². The summed E-state index contributed by atoms with van der Waals surface area (Å²) in [5.41, 5.74) is 4.07. The fourth-order valence-corrected chi connectivity index (χ4v) is 8.02. The van der Waals surface area contributed by atoms with E-state index < -0.39 is 7.14 Å². The molecule has 0 saturated carbocycles. The summed E-state index contributed by atoms with van der Waals surface area (Å²) in [5.74, 6) is 2.47. The van der Waals surface area contributed by atoms with Crippen molar-refractivity contribution in [1.82, 2.24) is 0 Å². The van der Waals surface area contributed by atoms with Gasteiger partial charge in [0.25, 0.3) is 0 Å². The van der Waals surface area contributed by atoms with Gasteiger partial charge in [-0.2, -0.15) is 0 Å². The van der Waals surface area contributed by atoms with Crippen molar-refractivity contribution in [3.8, 4) is 45.3 Å². The zero-order valence-electron chi connectivity index (χ0n) is 18.1. The fraction of sp³-hybridized carbons (Fsp3) is 0. The van der Waals surface area contributed by atoms with Gasteiger partial charge < -0.3 is 14.0 Å². The van der Waals surface area contributed by atoms with E-state index in [1.807, 2.05) is 103 Å². The lowest BCUT2D eigenvalue weighted by Gasteiger charge is -2.35. The second-order valence-electron chi connectivity index (χ2n) is 8.48. The van der Waals surface area contributed by atoms with Gasteiger partial charge in [0.2, 0.25) is 0 Å². The van der Waals surface area contributed by atoms with Gasteiger partial charge in [-0.05, 0) is 47.0 Å². The van der Waals surface area contributed by atoms with Gasteiger partial charge in [0.1, 0.15) is 28.3 Å². The van der Waals surface area contributed by atoms with Crippen molar-refractivity contribution in [2.75, 3.05) is 0 Å². The molecule has 5 aromatic carbocycles. The maximum atomic E-state index is 15.2. The zero-order chi connectivity index (χ0) is 22.7. The normalized spacial score (nSPS) is 16.9. The van der Waals surface area contributed by atoms with Crippen LogP contribution in [0.3, 0.4) is 0 Å². The second-order valence-corrected chi connectivity index (χ2v) is 11.1. The molecule has 0 aliphatic carbocycles. The molecule has 162 valence electrons. The van der Waals surface area contributed by atoms with E-state index in [0.29, 0.717) is 38.9 Å². The van der Waals surface area contributed by atoms with Crippen molar-refractivity contribution in [2.45, 2.75) is 0 Å². The minimum Gasteiger partial charge on any atom is -0.456 e. The standard InChI is InChI=1S/C30H19O3P/c31-34-27-18-17-22(20-9-3-1-4-10-20)19-26(27)32-24-14-8-15-25(30(24)34)33-29-23(13-7-16-28(29)34)21-11-5-2-6-12-21/h1-19H. The van der Waals surface area contributed by atoms with E-state index in [2.05, 4.69) is 12.1 Å². The van der Waals surface area contributed by atoms with Crippen molar-refractivity contribution in [3.05, 3.63) is 115 Å². The highest BCUT2D eigenvalue weighted by Gasteiger charge is 2.46. The van der Waals surface area contributed by atoms with Crippen LogP contribution in [0.25, 0.3) is 22.3 Å². The molecule has 3 nitrogen and oxygen atoms in total. The summed E-state index contributed by atoms with van der Waals surface area (Å²) in [6, 6.07) is 37.8. The molecule has 7 rings (SSSR count). The number of fused-ring (bicyclic) bond motifs is 4. The van der Waals surface area contributed by atoms with Gasteiger partial charge >= 0.3 is 0 Å². The van der Waals surface area contributed by atoms with Crippen LogP contribution in [0.1, 0.15) is 0 Å². The predicted molar refractivity (Wildman–Crippen MR) is 137 cm³/mol. The number of hydrogen-bond donors (Lipinski definition) is 0. The smallest absolute Gasteiger partial charge is 0.185 e. The van der Waals surface area contributed by atoms with E-state index in [9.17, 15) is 0 Å². The summed E-state index contributed by atoms with van der Waals surface area (Å²) >= 11 is 0. The highest BCUT2D eigenvalue weighted by atomic mass is 31.2. The van der Waals surface area contributed by atoms with E-state index >= 15 is 4.57 Å². The SMILES string of the molecule is O=P12c3ccc(-c4ccccc4)cc3Oc3cccc(c31)Oc1c(-c3ccccc3)cccc12. The molecule has 0 saturated heterocycles. The molecule has 1 atom stereocenters. The van der Waals surface area contributed by atoms with Crippen LogP contribution in [0.2, 0.25) is 0 Å². The Morgan fingerprint density at radius 2 is 1.18 bits per heavy atom. The Labute approximate surface area is 197 Å². The van der Waals surface area contributed by atoms with Crippen molar-refractivity contribution < 1.29 is 14.0 Å². The lowest BCUT2D eigenvalue weighted by Crippen LogP contribution is -2.35. The largest absolute Gasteiger partial charge is 0.456 e. The maximum Gasteiger partial charge on any atom is 0.185 e. The van der Waals surface area contributed by atoms with Gasteiger partial charge in [0.05, 0.1) is 10.6 Å². The summed E-state index contributed by atoms with van der Waals surface area (Å²) in [6.07, 6.45) is 0. The molecule has 0 aromatic heterocycles. The van der Waals surface area contributed by atoms with Gasteiger partial charge in [-0.15, -0.1) is 0 Å². The Morgan fingerprint density at radius 3 is 1.94 bits per heavy atom. The molecule has 0 radical (unpaired) electrons. The summed E-state index contributed by atoms with van der Waals surface area (Å²) in [6.45, 7) is 0. The van der Waals surface area contributed by atoms with Crippen LogP contribution in [0.15, 0.2) is 115 Å². The second kappa shape index (κ2) is 7.21. The minimum absolute atomic E-state index is 0.592. The van der Waals surface area contributed by atoms with Gasteiger partial charge in [0, 0.05) is 5.56 Å². The molecule has 5 aromatic rings. The molecule has 0 N–H and O–H groups in total. The molecule has 0 spiro atoms. The molecular formula is C30H19O3P. The summed E-state index contributed by atoms with van der Waals surface area (Å²) in [5, 5.41) is 2.07. The lowest BCUT2D eigenvalue weighted by molar-refractivity contribution is 0.462. The Bertz CT molecular complexity index is 1620. The van der Waals surface area contributed by atoms with Crippen molar-refractivity contribution in [1.29, 1.82) is 0 Å². The Hall–Kier alpha value is -4.07. The van der Waals surface area contributed by atoms with E-state index in [1.165, 1.54) is 0 Å². The van der Waals surface area contributed by atoms with E-state index in [1.54, 1.807) is 0 Å². The first-order valence-corrected chi connectivity index (χ1v) is 12.9. The third-order valence-corrected chi connectivity index (χ3v) is 9.68. The quantitative estimate of drug-likeness (QED) is 0.265. The average Bonchev–Trinajstić information content (AvgIpc) is 2.89. The molecule has 0 bridgehead atoms. The number of rotatable bonds is 2. The molecule has 4 heteroatoms. The molecule has 0 amide bonds. The van der Waals surface area contributed by atoms with Crippen LogP contribution < -0.4 is 25.4 Å². The van der Waals surface area contributed by atoms with Gasteiger partial charge in [-0.25, -0.2) is 0 Å². The molecule has 1 unspecified atom stereocenters. The molecule has 0 fully saturated rings. The average molecular weight is 458 g/mol. The predicted octanol–water partition coefficient (Wildman–Crippen LogP) is 6.87. The Kier molecular flexibility index (Phi) is 4.12. The van der Waals surface area contributed by atoms with Crippen molar-refractivity contribution in [3.63, 3.8) is 0 Å². The van der Waals surface area contributed by atoms with E-state index in [0.717, 1.165) is 22.3 Å². The maximum absolute atomic E-state index is 15.2. The number of ether oxygens (including phenoxy) is 2. The first-order chi connectivity index (χ1) is 16.7. The minimum atomic E-state index is -3.22. The molecule has 2 aliphatic heterocycles. The monoisotopic (exact) mass is 458 g/mol. The van der Waals surface area contributed by atoms with Crippen LogP contribution in [0, 0.1) is 0 Å². The van der Waals surface area contributed by atoms with Gasteiger partial charge in [-0.1, -0.05) is 84.9 Å². The Balaban J connectivity index is 1.50. The first-order valence-electron chi connectivity index (χ1n) is 11.2. The van der Waals surface area contributed by atoms with Crippen LogP contribution in [-0.2, 0) is 4.57 Å². The van der Waals surface area contributed by atoms with Gasteiger partial charge in [-0.3, -0.25) is 0 Å². The Morgan fingerprint density at radius 1 is 0.500 bits per heavy atom. The molecule has 34 heavy (non-hydrogen) atoms. The highest BCUT2D eigenvalue weighted by Crippen LogP contribution is 2.59. The molecule has 2 aliphatic rings. The zero-order valence-corrected chi connectivity index (χ0v) is 19.0. The highest BCUT2D eigenvalue weighted by molar-refractivity contribution is 7.86. The van der Waals surface area contributed by atoms with Crippen molar-refractivity contribution >= 4 is 23.1 Å². The third-order valence-electron chi connectivity index (χ3n) is 6.53. The van der Waals surface area contributed by atoms with E-state index in [4.69, 9.17) is 9.47 Å². The van der Waals surface area contributed by atoms with Crippen LogP contribution in [0.4, 0.5) is 0 Å². The summed E-state index contributed by atoms with van der Waals surface area (Å²) in [4.78, 5) is 0. The lowest BCUT2D eigenvalue weighted by atomic mass is 10.0.